The van der Waals surface area contributed by atoms with Gasteiger partial charge in [-0.3, -0.25) is 9.80 Å². The second-order valence-corrected chi connectivity index (χ2v) is 8.19. The second kappa shape index (κ2) is 8.56. The molecule has 0 amide bonds. The highest BCUT2D eigenvalue weighted by molar-refractivity contribution is 6.33. The van der Waals surface area contributed by atoms with Crippen molar-refractivity contribution < 1.29 is 0 Å². The van der Waals surface area contributed by atoms with Gasteiger partial charge in [-0.15, -0.1) is 0 Å². The number of benzene rings is 2. The molecule has 26 heavy (non-hydrogen) atoms. The summed E-state index contributed by atoms with van der Waals surface area (Å²) < 4.78 is 0. The Labute approximate surface area is 162 Å². The van der Waals surface area contributed by atoms with Crippen molar-refractivity contribution in [2.75, 3.05) is 26.2 Å². The molecule has 1 aliphatic heterocycles. The van der Waals surface area contributed by atoms with Crippen molar-refractivity contribution in [1.29, 1.82) is 0 Å². The predicted molar refractivity (Wildman–Crippen MR) is 111 cm³/mol. The van der Waals surface area contributed by atoms with Crippen molar-refractivity contribution in [1.82, 2.24) is 9.80 Å². The normalized spacial score (nSPS) is 20.3. The van der Waals surface area contributed by atoms with Crippen LogP contribution in [0.15, 0.2) is 48.5 Å². The minimum Gasteiger partial charge on any atom is -0.298 e. The van der Waals surface area contributed by atoms with Gasteiger partial charge in [0, 0.05) is 49.4 Å². The molecular formula is C23H29ClN2. The molecule has 1 aliphatic carbocycles. The first-order chi connectivity index (χ1) is 12.8. The van der Waals surface area contributed by atoms with Gasteiger partial charge in [-0.05, 0) is 30.0 Å². The Kier molecular flexibility index (Phi) is 5.94. The van der Waals surface area contributed by atoms with Crippen LogP contribution in [0.4, 0.5) is 0 Å². The van der Waals surface area contributed by atoms with Crippen LogP contribution < -0.4 is 0 Å². The number of halogens is 1. The molecule has 2 aromatic rings. The maximum atomic E-state index is 6.32. The number of hydrogen-bond acceptors (Lipinski definition) is 2. The quantitative estimate of drug-likeness (QED) is 0.707. The predicted octanol–water partition coefficient (Wildman–Crippen LogP) is 5.46. The van der Waals surface area contributed by atoms with Crippen molar-refractivity contribution in [3.05, 3.63) is 59.1 Å². The van der Waals surface area contributed by atoms with Crippen LogP contribution in [0.2, 0.25) is 5.02 Å². The van der Waals surface area contributed by atoms with Crippen molar-refractivity contribution in [2.45, 2.75) is 44.7 Å². The van der Waals surface area contributed by atoms with Crippen LogP contribution in [0.25, 0.3) is 11.1 Å². The Morgan fingerprint density at radius 3 is 2.19 bits per heavy atom. The number of hydrogen-bond donors (Lipinski definition) is 0. The topological polar surface area (TPSA) is 6.48 Å². The fourth-order valence-corrected chi connectivity index (χ4v) is 4.72. The molecule has 0 radical (unpaired) electrons. The molecule has 2 nitrogen and oxygen atoms in total. The molecule has 0 spiro atoms. The van der Waals surface area contributed by atoms with Gasteiger partial charge in [0.1, 0.15) is 0 Å². The number of nitrogens with zero attached hydrogens (tertiary/aromatic N) is 2. The first-order valence-corrected chi connectivity index (χ1v) is 10.5. The Bertz CT molecular complexity index is 698. The van der Waals surface area contributed by atoms with Gasteiger partial charge in [0.15, 0.2) is 0 Å². The molecule has 0 bridgehead atoms. The van der Waals surface area contributed by atoms with Crippen molar-refractivity contribution >= 4 is 11.6 Å². The average molecular weight is 369 g/mol. The molecule has 1 saturated carbocycles. The van der Waals surface area contributed by atoms with Crippen molar-refractivity contribution in [3.63, 3.8) is 0 Å². The van der Waals surface area contributed by atoms with E-state index in [1.807, 2.05) is 18.2 Å². The fourth-order valence-electron chi connectivity index (χ4n) is 4.48. The van der Waals surface area contributed by atoms with E-state index in [1.165, 1.54) is 69.4 Å². The van der Waals surface area contributed by atoms with Crippen LogP contribution in [0.5, 0.6) is 0 Å². The zero-order valence-electron chi connectivity index (χ0n) is 15.5. The molecule has 1 heterocycles. The lowest BCUT2D eigenvalue weighted by Gasteiger charge is -2.40. The maximum Gasteiger partial charge on any atom is 0.0484 e. The number of rotatable bonds is 4. The molecule has 1 saturated heterocycles. The van der Waals surface area contributed by atoms with Crippen LogP contribution >= 0.6 is 11.6 Å². The molecule has 2 fully saturated rings. The molecule has 0 atom stereocenters. The first kappa shape index (κ1) is 18.0. The highest BCUT2D eigenvalue weighted by atomic mass is 35.5. The molecule has 138 valence electrons. The summed E-state index contributed by atoms with van der Waals surface area (Å²) in [4.78, 5) is 5.35. The van der Waals surface area contributed by atoms with Gasteiger partial charge in [-0.2, -0.15) is 0 Å². The van der Waals surface area contributed by atoms with E-state index < -0.39 is 0 Å². The van der Waals surface area contributed by atoms with Gasteiger partial charge in [-0.1, -0.05) is 73.3 Å². The summed E-state index contributed by atoms with van der Waals surface area (Å²) in [5, 5.41) is 0.819. The minimum atomic E-state index is 0.819. The summed E-state index contributed by atoms with van der Waals surface area (Å²) in [6, 6.07) is 17.8. The standard InChI is InChI=1S/C23H29ClN2/c24-23-9-5-4-8-22(23)20-12-10-19(11-13-20)18-25-14-16-26(17-15-25)21-6-2-1-3-7-21/h4-5,8-13,21H,1-3,6-7,14-18H2. The van der Waals surface area contributed by atoms with Gasteiger partial charge in [-0.25, -0.2) is 0 Å². The van der Waals surface area contributed by atoms with E-state index in [9.17, 15) is 0 Å². The van der Waals surface area contributed by atoms with Gasteiger partial charge in [0.05, 0.1) is 0 Å². The summed E-state index contributed by atoms with van der Waals surface area (Å²) in [7, 11) is 0. The Morgan fingerprint density at radius 2 is 1.50 bits per heavy atom. The molecule has 0 N–H and O–H groups in total. The highest BCUT2D eigenvalue weighted by Crippen LogP contribution is 2.28. The van der Waals surface area contributed by atoms with E-state index in [0.29, 0.717) is 0 Å². The summed E-state index contributed by atoms with van der Waals surface area (Å²) in [6.07, 6.45) is 7.15. The van der Waals surface area contributed by atoms with Crippen LogP contribution in [0, 0.1) is 0 Å². The van der Waals surface area contributed by atoms with Crippen LogP contribution in [-0.4, -0.2) is 42.0 Å². The van der Waals surface area contributed by atoms with E-state index in [1.54, 1.807) is 0 Å². The van der Waals surface area contributed by atoms with E-state index >= 15 is 0 Å². The molecule has 4 rings (SSSR count). The SMILES string of the molecule is Clc1ccccc1-c1ccc(CN2CCN(C3CCCCC3)CC2)cc1. The smallest absolute Gasteiger partial charge is 0.0484 e. The molecule has 3 heteroatoms. The summed E-state index contributed by atoms with van der Waals surface area (Å²) in [5.41, 5.74) is 3.70. The maximum absolute atomic E-state index is 6.32. The van der Waals surface area contributed by atoms with E-state index in [0.717, 1.165) is 23.2 Å². The zero-order chi connectivity index (χ0) is 17.8. The molecular weight excluding hydrogens is 340 g/mol. The van der Waals surface area contributed by atoms with Crippen molar-refractivity contribution in [2.24, 2.45) is 0 Å². The third kappa shape index (κ3) is 4.31. The third-order valence-corrected chi connectivity index (χ3v) is 6.37. The summed E-state index contributed by atoms with van der Waals surface area (Å²) >= 11 is 6.32. The van der Waals surface area contributed by atoms with Gasteiger partial charge in [0.25, 0.3) is 0 Å². The fraction of sp³-hybridized carbons (Fsp3) is 0.478. The lowest BCUT2D eigenvalue weighted by atomic mass is 9.94. The molecule has 0 unspecified atom stereocenters. The summed E-state index contributed by atoms with van der Waals surface area (Å²) in [5.74, 6) is 0. The monoisotopic (exact) mass is 368 g/mol. The highest BCUT2D eigenvalue weighted by Gasteiger charge is 2.24. The zero-order valence-corrected chi connectivity index (χ0v) is 16.3. The lowest BCUT2D eigenvalue weighted by molar-refractivity contribution is 0.0755. The number of piperazine rings is 1. The Balaban J connectivity index is 1.32. The van der Waals surface area contributed by atoms with Gasteiger partial charge in [0.2, 0.25) is 0 Å². The minimum absolute atomic E-state index is 0.819. The van der Waals surface area contributed by atoms with Crippen LogP contribution in [0.1, 0.15) is 37.7 Å². The van der Waals surface area contributed by atoms with Gasteiger partial charge < -0.3 is 0 Å². The molecule has 2 aromatic carbocycles. The average Bonchev–Trinajstić information content (AvgIpc) is 2.70. The van der Waals surface area contributed by atoms with Gasteiger partial charge >= 0.3 is 0 Å². The first-order valence-electron chi connectivity index (χ1n) is 10.1. The second-order valence-electron chi connectivity index (χ2n) is 7.78. The van der Waals surface area contributed by atoms with Crippen molar-refractivity contribution in [3.8, 4) is 11.1 Å². The van der Waals surface area contributed by atoms with Crippen LogP contribution in [0.3, 0.4) is 0 Å². The Hall–Kier alpha value is -1.35. The Morgan fingerprint density at radius 1 is 0.808 bits per heavy atom. The van der Waals surface area contributed by atoms with E-state index in [2.05, 4.69) is 40.1 Å². The van der Waals surface area contributed by atoms with E-state index in [4.69, 9.17) is 11.6 Å². The van der Waals surface area contributed by atoms with Crippen LogP contribution in [-0.2, 0) is 6.54 Å². The lowest BCUT2D eigenvalue weighted by Crippen LogP contribution is -2.50. The van der Waals surface area contributed by atoms with E-state index in [-0.39, 0.29) is 0 Å². The molecule has 0 aromatic heterocycles. The molecule has 2 aliphatic rings. The third-order valence-electron chi connectivity index (χ3n) is 6.04. The largest absolute Gasteiger partial charge is 0.298 e. The summed E-state index contributed by atoms with van der Waals surface area (Å²) in [6.45, 7) is 5.93.